The molecule has 0 amide bonds. The van der Waals surface area contributed by atoms with Crippen molar-refractivity contribution in [2.45, 2.75) is 6.92 Å². The maximum atomic E-state index is 10.5. The molecular weight excluding hydrogens is 252 g/mol. The molecule has 0 saturated carbocycles. The highest BCUT2D eigenvalue weighted by atomic mass is 16.4. The molecule has 1 heterocycles. The van der Waals surface area contributed by atoms with E-state index in [9.17, 15) is 4.79 Å². The van der Waals surface area contributed by atoms with Crippen molar-refractivity contribution >= 4 is 23.7 Å². The Morgan fingerprint density at radius 3 is 2.75 bits per heavy atom. The number of carboxylic acids is 1. The lowest BCUT2D eigenvalue weighted by Crippen LogP contribution is -1.87. The summed E-state index contributed by atoms with van der Waals surface area (Å²) in [5.74, 6) is -0.955. The van der Waals surface area contributed by atoms with E-state index in [1.165, 1.54) is 6.33 Å². The summed E-state index contributed by atoms with van der Waals surface area (Å²) in [5, 5.41) is 8.63. The van der Waals surface area contributed by atoms with Gasteiger partial charge in [0.05, 0.1) is 5.69 Å². The van der Waals surface area contributed by atoms with Gasteiger partial charge < -0.3 is 5.11 Å². The van der Waals surface area contributed by atoms with Crippen LogP contribution in [0.3, 0.4) is 0 Å². The van der Waals surface area contributed by atoms with Crippen molar-refractivity contribution in [2.24, 2.45) is 0 Å². The SMILES string of the molecule is C/C(=C\c1cccc(/C=C/C(=O)O)c1)c1ccncn1. The first kappa shape index (κ1) is 13.7. The van der Waals surface area contributed by atoms with Gasteiger partial charge in [0, 0.05) is 12.3 Å². The summed E-state index contributed by atoms with van der Waals surface area (Å²) in [5.41, 5.74) is 3.73. The predicted molar refractivity (Wildman–Crippen MR) is 78.7 cm³/mol. The van der Waals surface area contributed by atoms with Gasteiger partial charge in [-0.25, -0.2) is 14.8 Å². The Balaban J connectivity index is 2.25. The highest BCUT2D eigenvalue weighted by molar-refractivity contribution is 5.85. The van der Waals surface area contributed by atoms with Crippen molar-refractivity contribution in [2.75, 3.05) is 0 Å². The first-order valence-electron chi connectivity index (χ1n) is 6.11. The number of aromatic nitrogens is 2. The lowest BCUT2D eigenvalue weighted by atomic mass is 10.1. The standard InChI is InChI=1S/C16H14N2O2/c1-12(15-7-8-17-11-18-15)9-14-4-2-3-13(10-14)5-6-16(19)20/h2-11H,1H3,(H,19,20)/b6-5+,12-9+. The van der Waals surface area contributed by atoms with Crippen LogP contribution in [0.1, 0.15) is 23.7 Å². The Hall–Kier alpha value is -2.75. The Bertz CT molecular complexity index is 661. The van der Waals surface area contributed by atoms with E-state index in [0.29, 0.717) is 0 Å². The van der Waals surface area contributed by atoms with Crippen LogP contribution in [-0.2, 0) is 4.79 Å². The minimum absolute atomic E-state index is 0.844. The summed E-state index contributed by atoms with van der Waals surface area (Å²) in [6.45, 7) is 1.97. The highest BCUT2D eigenvalue weighted by Crippen LogP contribution is 2.16. The second-order valence-electron chi connectivity index (χ2n) is 4.26. The van der Waals surface area contributed by atoms with Gasteiger partial charge in [-0.3, -0.25) is 0 Å². The van der Waals surface area contributed by atoms with Gasteiger partial charge in [0.25, 0.3) is 0 Å². The van der Waals surface area contributed by atoms with Crippen molar-refractivity contribution in [3.05, 3.63) is 65.8 Å². The summed E-state index contributed by atoms with van der Waals surface area (Å²) in [4.78, 5) is 18.6. The molecule has 0 aliphatic carbocycles. The Morgan fingerprint density at radius 1 is 1.25 bits per heavy atom. The van der Waals surface area contributed by atoms with Crippen LogP contribution < -0.4 is 0 Å². The van der Waals surface area contributed by atoms with Crippen LogP contribution in [0, 0.1) is 0 Å². The van der Waals surface area contributed by atoms with Crippen LogP contribution in [-0.4, -0.2) is 21.0 Å². The van der Waals surface area contributed by atoms with Crippen LogP contribution in [0.4, 0.5) is 0 Å². The Labute approximate surface area is 117 Å². The number of hydrogen-bond donors (Lipinski definition) is 1. The number of rotatable bonds is 4. The van der Waals surface area contributed by atoms with E-state index in [0.717, 1.165) is 28.5 Å². The number of benzene rings is 1. The van der Waals surface area contributed by atoms with E-state index in [2.05, 4.69) is 9.97 Å². The number of carbonyl (C=O) groups is 1. The number of nitrogens with zero attached hydrogens (tertiary/aromatic N) is 2. The quantitative estimate of drug-likeness (QED) is 0.863. The molecule has 2 aromatic rings. The molecule has 1 N–H and O–H groups in total. The predicted octanol–water partition coefficient (Wildman–Crippen LogP) is 3.13. The average Bonchev–Trinajstić information content (AvgIpc) is 2.46. The summed E-state index contributed by atoms with van der Waals surface area (Å²) in [7, 11) is 0. The van der Waals surface area contributed by atoms with E-state index in [1.807, 2.05) is 43.3 Å². The molecular formula is C16H14N2O2. The lowest BCUT2D eigenvalue weighted by Gasteiger charge is -2.01. The minimum atomic E-state index is -0.955. The van der Waals surface area contributed by atoms with E-state index in [-0.39, 0.29) is 0 Å². The molecule has 0 atom stereocenters. The Morgan fingerprint density at radius 2 is 2.05 bits per heavy atom. The van der Waals surface area contributed by atoms with E-state index in [4.69, 9.17) is 5.11 Å². The maximum absolute atomic E-state index is 10.5. The van der Waals surface area contributed by atoms with Gasteiger partial charge in [-0.15, -0.1) is 0 Å². The van der Waals surface area contributed by atoms with Crippen molar-refractivity contribution in [1.82, 2.24) is 9.97 Å². The molecule has 2 rings (SSSR count). The molecule has 4 heteroatoms. The molecule has 1 aromatic carbocycles. The third kappa shape index (κ3) is 3.88. The third-order valence-electron chi connectivity index (χ3n) is 2.70. The smallest absolute Gasteiger partial charge is 0.328 e. The number of aliphatic carboxylic acids is 1. The molecule has 0 spiro atoms. The van der Waals surface area contributed by atoms with Crippen LogP contribution in [0.2, 0.25) is 0 Å². The second kappa shape index (κ2) is 6.43. The van der Waals surface area contributed by atoms with Gasteiger partial charge in [-0.2, -0.15) is 0 Å². The van der Waals surface area contributed by atoms with Gasteiger partial charge in [-0.1, -0.05) is 18.2 Å². The van der Waals surface area contributed by atoms with Gasteiger partial charge in [0.1, 0.15) is 6.33 Å². The molecule has 0 aliphatic heterocycles. The topological polar surface area (TPSA) is 63.1 Å². The molecule has 0 aliphatic rings. The molecule has 1 aromatic heterocycles. The number of carboxylic acid groups (broad SMARTS) is 1. The minimum Gasteiger partial charge on any atom is -0.478 e. The fraction of sp³-hybridized carbons (Fsp3) is 0.0625. The summed E-state index contributed by atoms with van der Waals surface area (Å²) < 4.78 is 0. The summed E-state index contributed by atoms with van der Waals surface area (Å²) in [6.07, 6.45) is 7.91. The van der Waals surface area contributed by atoms with E-state index in [1.54, 1.807) is 12.3 Å². The highest BCUT2D eigenvalue weighted by Gasteiger charge is 1.97. The van der Waals surface area contributed by atoms with E-state index < -0.39 is 5.97 Å². The molecule has 0 bridgehead atoms. The normalized spacial score (nSPS) is 11.8. The zero-order chi connectivity index (χ0) is 14.4. The molecule has 0 unspecified atom stereocenters. The summed E-state index contributed by atoms with van der Waals surface area (Å²) >= 11 is 0. The largest absolute Gasteiger partial charge is 0.478 e. The fourth-order valence-electron chi connectivity index (χ4n) is 1.77. The zero-order valence-electron chi connectivity index (χ0n) is 11.0. The van der Waals surface area contributed by atoms with Gasteiger partial charge in [0.2, 0.25) is 0 Å². The van der Waals surface area contributed by atoms with Crippen molar-refractivity contribution in [3.8, 4) is 0 Å². The average molecular weight is 266 g/mol. The fourth-order valence-corrected chi connectivity index (χ4v) is 1.77. The van der Waals surface area contributed by atoms with Crippen molar-refractivity contribution < 1.29 is 9.90 Å². The van der Waals surface area contributed by atoms with Crippen LogP contribution >= 0.6 is 0 Å². The monoisotopic (exact) mass is 266 g/mol. The molecule has 100 valence electrons. The van der Waals surface area contributed by atoms with Gasteiger partial charge in [0.15, 0.2) is 0 Å². The molecule has 0 saturated heterocycles. The first-order chi connectivity index (χ1) is 9.65. The van der Waals surface area contributed by atoms with Gasteiger partial charge >= 0.3 is 5.97 Å². The van der Waals surface area contributed by atoms with Gasteiger partial charge in [-0.05, 0) is 47.9 Å². The van der Waals surface area contributed by atoms with Crippen LogP contribution in [0.5, 0.6) is 0 Å². The number of allylic oxidation sites excluding steroid dienone is 1. The zero-order valence-corrected chi connectivity index (χ0v) is 11.0. The van der Waals surface area contributed by atoms with Crippen molar-refractivity contribution in [1.29, 1.82) is 0 Å². The van der Waals surface area contributed by atoms with Crippen LogP contribution in [0.15, 0.2) is 48.9 Å². The lowest BCUT2D eigenvalue weighted by molar-refractivity contribution is -0.131. The molecule has 0 fully saturated rings. The second-order valence-corrected chi connectivity index (χ2v) is 4.26. The molecule has 20 heavy (non-hydrogen) atoms. The third-order valence-corrected chi connectivity index (χ3v) is 2.70. The van der Waals surface area contributed by atoms with Crippen molar-refractivity contribution in [3.63, 3.8) is 0 Å². The Kier molecular flexibility index (Phi) is 4.39. The van der Waals surface area contributed by atoms with E-state index >= 15 is 0 Å². The van der Waals surface area contributed by atoms with Crippen LogP contribution in [0.25, 0.3) is 17.7 Å². The number of hydrogen-bond acceptors (Lipinski definition) is 3. The maximum Gasteiger partial charge on any atom is 0.328 e. The first-order valence-corrected chi connectivity index (χ1v) is 6.11. The molecule has 4 nitrogen and oxygen atoms in total. The summed E-state index contributed by atoms with van der Waals surface area (Å²) in [6, 6.07) is 9.48. The molecule has 0 radical (unpaired) electrons.